The summed E-state index contributed by atoms with van der Waals surface area (Å²) >= 11 is 1.37. The van der Waals surface area contributed by atoms with E-state index in [1.807, 2.05) is 48.5 Å². The monoisotopic (exact) mass is 387 g/mol. The summed E-state index contributed by atoms with van der Waals surface area (Å²) in [5, 5.41) is 0. The van der Waals surface area contributed by atoms with E-state index in [-0.39, 0.29) is 11.3 Å². The van der Waals surface area contributed by atoms with Crippen LogP contribution in [0.3, 0.4) is 0 Å². The topological polar surface area (TPSA) is 64.3 Å². The van der Waals surface area contributed by atoms with Gasteiger partial charge in [0.15, 0.2) is 10.6 Å². The highest BCUT2D eigenvalue weighted by Crippen LogP contribution is 2.35. The Hall–Kier alpha value is -3.12. The Balaban J connectivity index is 1.78. The molecule has 1 aromatic carbocycles. The molecule has 0 fully saturated rings. The maximum absolute atomic E-state index is 13.3. The quantitative estimate of drug-likeness (QED) is 0.678. The number of nitrogens with zero attached hydrogens (tertiary/aromatic N) is 3. The van der Waals surface area contributed by atoms with E-state index in [4.69, 9.17) is 4.99 Å². The lowest BCUT2D eigenvalue weighted by molar-refractivity contribution is -0.116. The Labute approximate surface area is 165 Å². The van der Waals surface area contributed by atoms with Crippen molar-refractivity contribution in [3.63, 3.8) is 0 Å². The number of hydrogen-bond acceptors (Lipinski definition) is 5. The number of benzene rings is 1. The highest BCUT2D eigenvalue weighted by atomic mass is 32.1. The van der Waals surface area contributed by atoms with Crippen molar-refractivity contribution in [2.75, 3.05) is 0 Å². The van der Waals surface area contributed by atoms with Gasteiger partial charge < -0.3 is 0 Å². The Bertz CT molecular complexity index is 1270. The van der Waals surface area contributed by atoms with Crippen molar-refractivity contribution in [3.05, 3.63) is 96.9 Å². The van der Waals surface area contributed by atoms with Gasteiger partial charge in [-0.15, -0.1) is 0 Å². The van der Waals surface area contributed by atoms with Crippen LogP contribution in [0.1, 0.15) is 36.4 Å². The molecule has 0 saturated heterocycles. The fourth-order valence-electron chi connectivity index (χ4n) is 3.87. The summed E-state index contributed by atoms with van der Waals surface area (Å²) in [5.41, 5.74) is 3.26. The third-order valence-corrected chi connectivity index (χ3v) is 6.13. The zero-order chi connectivity index (χ0) is 19.1. The molecule has 3 aromatic rings. The van der Waals surface area contributed by atoms with Crippen LogP contribution in [0.2, 0.25) is 0 Å². The lowest BCUT2D eigenvalue weighted by Crippen LogP contribution is -2.40. The largest absolute Gasteiger partial charge is 0.294 e. The van der Waals surface area contributed by atoms with E-state index in [0.717, 1.165) is 29.7 Å². The molecule has 1 aliphatic carbocycles. The van der Waals surface area contributed by atoms with Crippen LogP contribution in [0, 0.1) is 0 Å². The Kier molecular flexibility index (Phi) is 4.13. The Morgan fingerprint density at radius 3 is 2.61 bits per heavy atom. The van der Waals surface area contributed by atoms with Crippen LogP contribution < -0.4 is 14.9 Å². The van der Waals surface area contributed by atoms with Gasteiger partial charge in [0.05, 0.1) is 16.3 Å². The molecule has 28 heavy (non-hydrogen) atoms. The SMILES string of the molecule is O=C1CCCC2=C1C(c1ccccc1)n1c(sc(=Cc3ccncc3)c1=O)=N2. The van der Waals surface area contributed by atoms with E-state index >= 15 is 0 Å². The fraction of sp³-hybridized carbons (Fsp3) is 0.182. The van der Waals surface area contributed by atoms with Crippen LogP contribution >= 0.6 is 11.3 Å². The average Bonchev–Trinajstić information content (AvgIpc) is 3.03. The number of allylic oxidation sites excluding steroid dienone is 2. The lowest BCUT2D eigenvalue weighted by atomic mass is 9.86. The van der Waals surface area contributed by atoms with Gasteiger partial charge in [0.1, 0.15) is 0 Å². The fourth-order valence-corrected chi connectivity index (χ4v) is 4.89. The summed E-state index contributed by atoms with van der Waals surface area (Å²) in [6.45, 7) is 0. The van der Waals surface area contributed by atoms with Crippen molar-refractivity contribution in [1.29, 1.82) is 0 Å². The number of pyridine rings is 1. The number of thiazole rings is 1. The molecule has 0 amide bonds. The van der Waals surface area contributed by atoms with E-state index < -0.39 is 6.04 Å². The number of aromatic nitrogens is 2. The van der Waals surface area contributed by atoms with Gasteiger partial charge in [0, 0.05) is 24.4 Å². The van der Waals surface area contributed by atoms with Crippen LogP contribution in [0.25, 0.3) is 6.08 Å². The van der Waals surface area contributed by atoms with Gasteiger partial charge >= 0.3 is 0 Å². The first-order valence-electron chi connectivity index (χ1n) is 9.25. The third-order valence-electron chi connectivity index (χ3n) is 5.15. The molecular formula is C22H17N3O2S. The minimum Gasteiger partial charge on any atom is -0.294 e. The average molecular weight is 387 g/mol. The smallest absolute Gasteiger partial charge is 0.271 e. The number of ketones is 1. The van der Waals surface area contributed by atoms with Crippen LogP contribution in [-0.4, -0.2) is 15.3 Å². The van der Waals surface area contributed by atoms with Crippen molar-refractivity contribution in [3.8, 4) is 0 Å². The molecule has 0 saturated carbocycles. The van der Waals surface area contributed by atoms with Crippen molar-refractivity contribution in [2.45, 2.75) is 25.3 Å². The van der Waals surface area contributed by atoms with Crippen molar-refractivity contribution in [1.82, 2.24) is 9.55 Å². The highest BCUT2D eigenvalue weighted by Gasteiger charge is 2.34. The third kappa shape index (κ3) is 2.77. The van der Waals surface area contributed by atoms with Gasteiger partial charge in [0.25, 0.3) is 5.56 Å². The van der Waals surface area contributed by atoms with Gasteiger partial charge in [-0.25, -0.2) is 4.99 Å². The molecule has 5 rings (SSSR count). The molecule has 6 heteroatoms. The Morgan fingerprint density at radius 2 is 1.82 bits per heavy atom. The van der Waals surface area contributed by atoms with Crippen molar-refractivity contribution >= 4 is 23.2 Å². The zero-order valence-corrected chi connectivity index (χ0v) is 15.9. The first-order valence-corrected chi connectivity index (χ1v) is 10.1. The number of carbonyl (C=O) groups is 1. The number of Topliss-reactive ketones (excluding diaryl/α,β-unsaturated/α-hetero) is 1. The predicted molar refractivity (Wildman–Crippen MR) is 108 cm³/mol. The van der Waals surface area contributed by atoms with Crippen LogP contribution in [0.15, 0.2) is 75.9 Å². The van der Waals surface area contributed by atoms with Crippen LogP contribution in [0.5, 0.6) is 0 Å². The molecule has 2 aliphatic rings. The molecular weight excluding hydrogens is 370 g/mol. The number of carbonyl (C=O) groups excluding carboxylic acids is 1. The Morgan fingerprint density at radius 1 is 1.04 bits per heavy atom. The molecule has 1 aliphatic heterocycles. The van der Waals surface area contributed by atoms with E-state index in [0.29, 0.717) is 21.3 Å². The first-order chi connectivity index (χ1) is 13.7. The molecule has 0 N–H and O–H groups in total. The summed E-state index contributed by atoms with van der Waals surface area (Å²) in [6.07, 6.45) is 7.37. The lowest BCUT2D eigenvalue weighted by Gasteiger charge is -2.28. The molecule has 2 aromatic heterocycles. The van der Waals surface area contributed by atoms with E-state index in [1.165, 1.54) is 11.3 Å². The van der Waals surface area contributed by atoms with Crippen molar-refractivity contribution in [2.24, 2.45) is 4.99 Å². The normalized spacial score (nSPS) is 19.2. The molecule has 0 radical (unpaired) electrons. The number of fused-ring (bicyclic) bond motifs is 1. The summed E-state index contributed by atoms with van der Waals surface area (Å²) in [6, 6.07) is 13.1. The van der Waals surface area contributed by atoms with Gasteiger partial charge in [-0.05, 0) is 42.2 Å². The minimum absolute atomic E-state index is 0.0993. The number of hydrogen-bond donors (Lipinski definition) is 0. The van der Waals surface area contributed by atoms with Crippen LogP contribution in [0.4, 0.5) is 0 Å². The molecule has 138 valence electrons. The molecule has 1 atom stereocenters. The van der Waals surface area contributed by atoms with Gasteiger partial charge in [-0.1, -0.05) is 41.7 Å². The predicted octanol–water partition coefficient (Wildman–Crippen LogP) is 2.36. The van der Waals surface area contributed by atoms with E-state index in [1.54, 1.807) is 17.0 Å². The molecule has 3 heterocycles. The van der Waals surface area contributed by atoms with E-state index in [2.05, 4.69) is 4.98 Å². The molecule has 5 nitrogen and oxygen atoms in total. The maximum Gasteiger partial charge on any atom is 0.271 e. The molecule has 1 unspecified atom stereocenters. The second-order valence-electron chi connectivity index (χ2n) is 6.91. The summed E-state index contributed by atoms with van der Waals surface area (Å²) in [7, 11) is 0. The van der Waals surface area contributed by atoms with Gasteiger partial charge in [-0.2, -0.15) is 0 Å². The molecule has 0 spiro atoms. The zero-order valence-electron chi connectivity index (χ0n) is 15.0. The summed E-state index contributed by atoms with van der Waals surface area (Å²) < 4.78 is 2.30. The second-order valence-corrected chi connectivity index (χ2v) is 7.92. The van der Waals surface area contributed by atoms with Gasteiger partial charge in [-0.3, -0.25) is 19.1 Å². The first kappa shape index (κ1) is 17.0. The second kappa shape index (κ2) is 6.80. The van der Waals surface area contributed by atoms with Crippen LogP contribution in [-0.2, 0) is 4.79 Å². The standard InChI is InChI=1S/C22H17N3O2S/c26-17-8-4-7-16-19(17)20(15-5-2-1-3-6-15)25-21(27)18(28-22(25)24-16)13-14-9-11-23-12-10-14/h1-3,5-6,9-13,20H,4,7-8H2. The summed E-state index contributed by atoms with van der Waals surface area (Å²) in [5.74, 6) is 0.0993. The highest BCUT2D eigenvalue weighted by molar-refractivity contribution is 7.07. The van der Waals surface area contributed by atoms with Gasteiger partial charge in [0.2, 0.25) is 0 Å². The number of rotatable bonds is 2. The van der Waals surface area contributed by atoms with E-state index in [9.17, 15) is 9.59 Å². The summed E-state index contributed by atoms with van der Waals surface area (Å²) in [4.78, 5) is 35.5. The maximum atomic E-state index is 13.3. The minimum atomic E-state index is -0.403. The van der Waals surface area contributed by atoms with Crippen molar-refractivity contribution < 1.29 is 4.79 Å². The molecule has 0 bridgehead atoms.